The van der Waals surface area contributed by atoms with Crippen LogP contribution < -0.4 is 0 Å². The Kier molecular flexibility index (Phi) is 4.51. The van der Waals surface area contributed by atoms with Gasteiger partial charge in [0.15, 0.2) is 0 Å². The Morgan fingerprint density at radius 3 is 2.96 bits per heavy atom. The summed E-state index contributed by atoms with van der Waals surface area (Å²) in [6, 6.07) is 9.27. The maximum atomic E-state index is 12.8. The van der Waals surface area contributed by atoms with E-state index in [0.717, 1.165) is 24.2 Å². The Bertz CT molecular complexity index is 933. The van der Waals surface area contributed by atoms with Crippen LogP contribution in [0, 0.1) is 0 Å². The molecule has 7 heteroatoms. The minimum Gasteiger partial charge on any atom is -0.443 e. The molecule has 1 aliphatic rings. The van der Waals surface area contributed by atoms with Gasteiger partial charge in [-0.05, 0) is 30.5 Å². The second kappa shape index (κ2) is 6.96. The van der Waals surface area contributed by atoms with Crippen molar-refractivity contribution in [2.45, 2.75) is 25.3 Å². The van der Waals surface area contributed by atoms with Crippen LogP contribution in [0.25, 0.3) is 0 Å². The van der Waals surface area contributed by atoms with Crippen LogP contribution in [-0.2, 0) is 13.5 Å². The highest BCUT2D eigenvalue weighted by molar-refractivity contribution is 6.31. The van der Waals surface area contributed by atoms with E-state index in [1.165, 1.54) is 0 Å². The van der Waals surface area contributed by atoms with Gasteiger partial charge in [0, 0.05) is 31.2 Å². The molecule has 0 bridgehead atoms. The van der Waals surface area contributed by atoms with Gasteiger partial charge in [0.05, 0.1) is 6.20 Å². The lowest BCUT2D eigenvalue weighted by Crippen LogP contribution is -2.32. The first-order chi connectivity index (χ1) is 12.6. The maximum Gasteiger partial charge on any atom is 0.272 e. The normalized spacial score (nSPS) is 17.0. The molecule has 1 fully saturated rings. The molecule has 0 radical (unpaired) electrons. The number of nitrogens with zero attached hydrogens (tertiary/aromatic N) is 4. The van der Waals surface area contributed by atoms with Gasteiger partial charge in [-0.2, -0.15) is 5.10 Å². The van der Waals surface area contributed by atoms with Crippen LogP contribution in [0.1, 0.15) is 46.6 Å². The SMILES string of the molecule is Cn1nccc1C(=O)N1CCC[C@H]1c1ncc(Cc2ccccc2Cl)o1. The number of carbonyl (C=O) groups excluding carboxylic acids is 1. The summed E-state index contributed by atoms with van der Waals surface area (Å²) in [5.74, 6) is 1.28. The van der Waals surface area contributed by atoms with Crippen LogP contribution in [0.3, 0.4) is 0 Å². The lowest BCUT2D eigenvalue weighted by atomic mass is 10.1. The van der Waals surface area contributed by atoms with Crippen molar-refractivity contribution in [2.24, 2.45) is 7.05 Å². The molecule has 6 nitrogen and oxygen atoms in total. The average molecular weight is 371 g/mol. The van der Waals surface area contributed by atoms with Crippen LogP contribution in [0.15, 0.2) is 47.1 Å². The zero-order valence-electron chi connectivity index (χ0n) is 14.4. The molecule has 0 aliphatic carbocycles. The minimum atomic E-state index is -0.141. The van der Waals surface area contributed by atoms with Gasteiger partial charge in [0.1, 0.15) is 17.5 Å². The molecule has 2 aromatic heterocycles. The summed E-state index contributed by atoms with van der Waals surface area (Å²) in [5.41, 5.74) is 1.56. The molecule has 3 heterocycles. The molecule has 3 aromatic rings. The molecule has 1 aromatic carbocycles. The van der Waals surface area contributed by atoms with Gasteiger partial charge in [-0.15, -0.1) is 0 Å². The number of benzene rings is 1. The fourth-order valence-electron chi connectivity index (χ4n) is 3.39. The summed E-state index contributed by atoms with van der Waals surface area (Å²) >= 11 is 6.22. The number of aromatic nitrogens is 3. The molecule has 26 heavy (non-hydrogen) atoms. The number of carbonyl (C=O) groups is 1. The average Bonchev–Trinajstić information content (AvgIpc) is 3.36. The Hall–Kier alpha value is -2.60. The van der Waals surface area contributed by atoms with Crippen LogP contribution in [-0.4, -0.2) is 32.1 Å². The molecular weight excluding hydrogens is 352 g/mol. The molecule has 0 saturated carbocycles. The Balaban J connectivity index is 1.54. The predicted molar refractivity (Wildman–Crippen MR) is 97.0 cm³/mol. The standard InChI is InChI=1S/C19H19ClN4O2/c1-23-17(8-9-22-23)19(25)24-10-4-7-16(24)18-21-12-14(26-18)11-13-5-2-3-6-15(13)20/h2-3,5-6,8-9,12,16H,4,7,10-11H2,1H3/t16-/m0/s1. The first-order valence-electron chi connectivity index (χ1n) is 8.60. The maximum absolute atomic E-state index is 12.8. The van der Waals surface area contributed by atoms with Gasteiger partial charge in [-0.25, -0.2) is 4.98 Å². The summed E-state index contributed by atoms with van der Waals surface area (Å²) in [5, 5.41) is 4.79. The smallest absolute Gasteiger partial charge is 0.272 e. The fourth-order valence-corrected chi connectivity index (χ4v) is 3.59. The van der Waals surface area contributed by atoms with Gasteiger partial charge in [0.25, 0.3) is 5.91 Å². The zero-order chi connectivity index (χ0) is 18.1. The summed E-state index contributed by atoms with van der Waals surface area (Å²) in [7, 11) is 1.77. The second-order valence-electron chi connectivity index (χ2n) is 6.43. The van der Waals surface area contributed by atoms with Crippen LogP contribution >= 0.6 is 11.6 Å². The lowest BCUT2D eigenvalue weighted by Gasteiger charge is -2.22. The third-order valence-electron chi connectivity index (χ3n) is 4.73. The lowest BCUT2D eigenvalue weighted by molar-refractivity contribution is 0.0703. The van der Waals surface area contributed by atoms with Crippen molar-refractivity contribution in [3.63, 3.8) is 0 Å². The van der Waals surface area contributed by atoms with Gasteiger partial charge in [0.2, 0.25) is 5.89 Å². The Morgan fingerprint density at radius 2 is 2.19 bits per heavy atom. The summed E-state index contributed by atoms with van der Waals surface area (Å²) < 4.78 is 7.56. The monoisotopic (exact) mass is 370 g/mol. The van der Waals surface area contributed by atoms with Crippen molar-refractivity contribution in [3.8, 4) is 0 Å². The first kappa shape index (κ1) is 16.8. The minimum absolute atomic E-state index is 0.0432. The molecule has 0 unspecified atom stereocenters. The van der Waals surface area contributed by atoms with E-state index in [4.69, 9.17) is 16.0 Å². The fraction of sp³-hybridized carbons (Fsp3) is 0.316. The molecule has 1 atom stereocenters. The molecule has 1 aliphatic heterocycles. The zero-order valence-corrected chi connectivity index (χ0v) is 15.2. The Labute approximate surface area is 156 Å². The van der Waals surface area contributed by atoms with Crippen molar-refractivity contribution in [3.05, 3.63) is 70.7 Å². The summed E-state index contributed by atoms with van der Waals surface area (Å²) in [4.78, 5) is 19.1. The largest absolute Gasteiger partial charge is 0.443 e. The number of halogens is 1. The first-order valence-corrected chi connectivity index (χ1v) is 8.98. The van der Waals surface area contributed by atoms with Crippen LogP contribution in [0.5, 0.6) is 0 Å². The van der Waals surface area contributed by atoms with E-state index in [-0.39, 0.29) is 11.9 Å². The molecule has 1 saturated heterocycles. The Morgan fingerprint density at radius 1 is 1.35 bits per heavy atom. The van der Waals surface area contributed by atoms with Gasteiger partial charge < -0.3 is 9.32 Å². The van der Waals surface area contributed by atoms with E-state index in [1.807, 2.05) is 29.2 Å². The molecule has 134 valence electrons. The van der Waals surface area contributed by atoms with Gasteiger partial charge >= 0.3 is 0 Å². The number of hydrogen-bond acceptors (Lipinski definition) is 4. The van der Waals surface area contributed by atoms with E-state index in [9.17, 15) is 4.79 Å². The van der Waals surface area contributed by atoms with Crippen LogP contribution in [0.2, 0.25) is 5.02 Å². The second-order valence-corrected chi connectivity index (χ2v) is 6.84. The molecule has 1 amide bonds. The summed E-state index contributed by atoms with van der Waals surface area (Å²) in [6.07, 6.45) is 5.70. The highest BCUT2D eigenvalue weighted by Crippen LogP contribution is 2.33. The van der Waals surface area contributed by atoms with Crippen molar-refractivity contribution in [2.75, 3.05) is 6.54 Å². The highest BCUT2D eigenvalue weighted by atomic mass is 35.5. The topological polar surface area (TPSA) is 64.2 Å². The van der Waals surface area contributed by atoms with Crippen molar-refractivity contribution in [1.29, 1.82) is 0 Å². The number of oxazole rings is 1. The quantitative estimate of drug-likeness (QED) is 0.703. The van der Waals surface area contributed by atoms with E-state index >= 15 is 0 Å². The van der Waals surface area contributed by atoms with E-state index < -0.39 is 0 Å². The van der Waals surface area contributed by atoms with E-state index in [0.29, 0.717) is 29.6 Å². The molecule has 0 spiro atoms. The van der Waals surface area contributed by atoms with Gasteiger partial charge in [-0.3, -0.25) is 9.48 Å². The molecule has 0 N–H and O–H groups in total. The molecular formula is C19H19ClN4O2. The predicted octanol–water partition coefficient (Wildman–Crippen LogP) is 3.63. The number of amides is 1. The number of hydrogen-bond donors (Lipinski definition) is 0. The van der Waals surface area contributed by atoms with E-state index in [2.05, 4.69) is 10.1 Å². The number of likely N-dealkylation sites (tertiary alicyclic amines) is 1. The van der Waals surface area contributed by atoms with Crippen molar-refractivity contribution < 1.29 is 9.21 Å². The van der Waals surface area contributed by atoms with Gasteiger partial charge in [-0.1, -0.05) is 29.8 Å². The van der Waals surface area contributed by atoms with Crippen LogP contribution in [0.4, 0.5) is 0 Å². The summed E-state index contributed by atoms with van der Waals surface area (Å²) in [6.45, 7) is 0.691. The van der Waals surface area contributed by atoms with E-state index in [1.54, 1.807) is 30.2 Å². The number of aryl methyl sites for hydroxylation is 1. The third-order valence-corrected chi connectivity index (χ3v) is 5.10. The van der Waals surface area contributed by atoms with Crippen molar-refractivity contribution in [1.82, 2.24) is 19.7 Å². The molecule has 4 rings (SSSR count). The van der Waals surface area contributed by atoms with Crippen molar-refractivity contribution >= 4 is 17.5 Å². The third kappa shape index (κ3) is 3.12. The number of rotatable bonds is 4. The highest BCUT2D eigenvalue weighted by Gasteiger charge is 2.34.